The third-order valence-electron chi connectivity index (χ3n) is 3.97. The van der Waals surface area contributed by atoms with E-state index in [9.17, 15) is 0 Å². The number of hydrogen-bond acceptors (Lipinski definition) is 3. The summed E-state index contributed by atoms with van der Waals surface area (Å²) < 4.78 is 0. The maximum absolute atomic E-state index is 4.77. The lowest BCUT2D eigenvalue weighted by Crippen LogP contribution is -2.39. The van der Waals surface area contributed by atoms with Crippen molar-refractivity contribution >= 4 is 29.9 Å². The van der Waals surface area contributed by atoms with E-state index in [1.165, 1.54) is 5.56 Å². The number of aliphatic imine (C=N–C) groups is 1. The molecule has 2 N–H and O–H groups in total. The zero-order valence-electron chi connectivity index (χ0n) is 15.9. The van der Waals surface area contributed by atoms with E-state index in [0.29, 0.717) is 6.54 Å². The van der Waals surface area contributed by atoms with Crippen molar-refractivity contribution in [2.24, 2.45) is 4.99 Å². The van der Waals surface area contributed by atoms with Crippen LogP contribution in [0.1, 0.15) is 24.2 Å². The Labute approximate surface area is 174 Å². The summed E-state index contributed by atoms with van der Waals surface area (Å²) >= 11 is 0. The lowest BCUT2D eigenvalue weighted by atomic mass is 10.1. The summed E-state index contributed by atoms with van der Waals surface area (Å²) in [5.41, 5.74) is 2.36. The molecule has 0 saturated heterocycles. The van der Waals surface area contributed by atoms with Gasteiger partial charge in [-0.05, 0) is 38.7 Å². The summed E-state index contributed by atoms with van der Waals surface area (Å²) in [4.78, 5) is 11.3. The van der Waals surface area contributed by atoms with Gasteiger partial charge in [0.25, 0.3) is 0 Å². The molecule has 0 amide bonds. The second-order valence-corrected chi connectivity index (χ2v) is 6.11. The molecule has 0 radical (unpaired) electrons. The Balaban J connectivity index is 0.00000338. The molecule has 0 bridgehead atoms. The van der Waals surface area contributed by atoms with Crippen LogP contribution in [0, 0.1) is 0 Å². The number of pyridine rings is 1. The average molecular weight is 467 g/mol. The molecule has 0 aliphatic rings. The zero-order chi connectivity index (χ0) is 17.9. The number of guanidine groups is 1. The van der Waals surface area contributed by atoms with E-state index in [1.54, 1.807) is 0 Å². The fourth-order valence-electron chi connectivity index (χ4n) is 2.62. The first-order valence-corrected chi connectivity index (χ1v) is 8.84. The van der Waals surface area contributed by atoms with E-state index in [1.807, 2.05) is 30.5 Å². The van der Waals surface area contributed by atoms with E-state index < -0.39 is 0 Å². The second kappa shape index (κ2) is 12.6. The molecule has 5 nitrogen and oxygen atoms in total. The van der Waals surface area contributed by atoms with Crippen molar-refractivity contribution < 1.29 is 0 Å². The van der Waals surface area contributed by atoms with Crippen LogP contribution in [0.3, 0.4) is 0 Å². The van der Waals surface area contributed by atoms with Crippen LogP contribution in [0.2, 0.25) is 0 Å². The molecule has 1 heterocycles. The minimum atomic E-state index is 0. The van der Waals surface area contributed by atoms with Gasteiger partial charge in [-0.3, -0.25) is 9.98 Å². The molecule has 142 valence electrons. The van der Waals surface area contributed by atoms with Crippen LogP contribution >= 0.6 is 24.0 Å². The largest absolute Gasteiger partial charge is 0.357 e. The smallest absolute Gasteiger partial charge is 0.191 e. The van der Waals surface area contributed by atoms with Crippen LogP contribution in [0.15, 0.2) is 59.7 Å². The summed E-state index contributed by atoms with van der Waals surface area (Å²) in [6.07, 6.45) is 2.71. The minimum absolute atomic E-state index is 0. The van der Waals surface area contributed by atoms with Gasteiger partial charge in [-0.15, -0.1) is 24.0 Å². The van der Waals surface area contributed by atoms with Crippen molar-refractivity contribution in [3.05, 3.63) is 66.0 Å². The van der Waals surface area contributed by atoms with Crippen LogP contribution in [0.5, 0.6) is 0 Å². The Morgan fingerprint density at radius 1 is 1.08 bits per heavy atom. The van der Waals surface area contributed by atoms with Gasteiger partial charge < -0.3 is 15.5 Å². The monoisotopic (exact) mass is 467 g/mol. The number of benzene rings is 1. The highest BCUT2D eigenvalue weighted by Crippen LogP contribution is 2.17. The van der Waals surface area contributed by atoms with Crippen molar-refractivity contribution in [1.82, 2.24) is 20.5 Å². The standard InChI is InChI=1S/C20H29N5.HI/c1-4-21-20(23-15-13-18-12-8-9-14-22-18)24-16-19(25(2)3)17-10-6-5-7-11-17;/h5-12,14,19H,4,13,15-16H2,1-3H3,(H2,21,23,24);1H. The Hall–Kier alpha value is -1.67. The van der Waals surface area contributed by atoms with E-state index >= 15 is 0 Å². The Morgan fingerprint density at radius 2 is 1.81 bits per heavy atom. The fraction of sp³-hybridized carbons (Fsp3) is 0.400. The normalized spacial score (nSPS) is 12.4. The molecule has 1 aromatic heterocycles. The maximum atomic E-state index is 4.77. The number of likely N-dealkylation sites (N-methyl/N-ethyl adjacent to an activating group) is 1. The topological polar surface area (TPSA) is 52.6 Å². The second-order valence-electron chi connectivity index (χ2n) is 6.11. The Morgan fingerprint density at radius 3 is 2.42 bits per heavy atom. The highest BCUT2D eigenvalue weighted by molar-refractivity contribution is 14.0. The molecule has 26 heavy (non-hydrogen) atoms. The van der Waals surface area contributed by atoms with Gasteiger partial charge in [-0.1, -0.05) is 36.4 Å². The van der Waals surface area contributed by atoms with Crippen LogP contribution < -0.4 is 10.6 Å². The maximum Gasteiger partial charge on any atom is 0.191 e. The SMILES string of the molecule is CCNC(=NCC(c1ccccc1)N(C)C)NCCc1ccccn1.I. The first-order valence-electron chi connectivity index (χ1n) is 8.84. The van der Waals surface area contributed by atoms with Crippen LogP contribution in [-0.2, 0) is 6.42 Å². The molecule has 2 aromatic rings. The van der Waals surface area contributed by atoms with Gasteiger partial charge in [0.15, 0.2) is 5.96 Å². The number of aromatic nitrogens is 1. The fourth-order valence-corrected chi connectivity index (χ4v) is 2.62. The highest BCUT2D eigenvalue weighted by Gasteiger charge is 2.13. The first kappa shape index (κ1) is 22.4. The van der Waals surface area contributed by atoms with Crippen LogP contribution in [0.25, 0.3) is 0 Å². The molecular weight excluding hydrogens is 437 g/mol. The molecular formula is C20H30IN5. The van der Waals surface area contributed by atoms with E-state index in [-0.39, 0.29) is 30.0 Å². The highest BCUT2D eigenvalue weighted by atomic mass is 127. The Kier molecular flexibility index (Phi) is 10.9. The first-order chi connectivity index (χ1) is 12.2. The van der Waals surface area contributed by atoms with E-state index in [2.05, 4.69) is 65.8 Å². The summed E-state index contributed by atoms with van der Waals surface area (Å²) in [6, 6.07) is 16.8. The molecule has 1 unspecified atom stereocenters. The number of hydrogen-bond donors (Lipinski definition) is 2. The summed E-state index contributed by atoms with van der Waals surface area (Å²) in [5, 5.41) is 6.71. The van der Waals surface area contributed by atoms with E-state index in [4.69, 9.17) is 4.99 Å². The van der Waals surface area contributed by atoms with Crippen LogP contribution in [-0.4, -0.2) is 49.6 Å². The number of halogens is 1. The van der Waals surface area contributed by atoms with Crippen molar-refractivity contribution in [2.75, 3.05) is 33.7 Å². The van der Waals surface area contributed by atoms with Gasteiger partial charge in [0.05, 0.1) is 12.6 Å². The zero-order valence-corrected chi connectivity index (χ0v) is 18.2. The van der Waals surface area contributed by atoms with Gasteiger partial charge in [0.1, 0.15) is 0 Å². The van der Waals surface area contributed by atoms with Gasteiger partial charge in [0.2, 0.25) is 0 Å². The number of nitrogens with one attached hydrogen (secondary N) is 2. The van der Waals surface area contributed by atoms with Crippen molar-refractivity contribution in [1.29, 1.82) is 0 Å². The van der Waals surface area contributed by atoms with Gasteiger partial charge in [-0.2, -0.15) is 0 Å². The molecule has 0 spiro atoms. The minimum Gasteiger partial charge on any atom is -0.357 e. The number of rotatable bonds is 8. The summed E-state index contributed by atoms with van der Waals surface area (Å²) in [6.45, 7) is 4.43. The molecule has 2 rings (SSSR count). The molecule has 0 aliphatic carbocycles. The lowest BCUT2D eigenvalue weighted by molar-refractivity contribution is 0.306. The van der Waals surface area contributed by atoms with Gasteiger partial charge in [-0.25, -0.2) is 0 Å². The third-order valence-corrected chi connectivity index (χ3v) is 3.97. The lowest BCUT2D eigenvalue weighted by Gasteiger charge is -2.23. The summed E-state index contributed by atoms with van der Waals surface area (Å²) in [7, 11) is 4.18. The average Bonchev–Trinajstić information content (AvgIpc) is 2.63. The quantitative estimate of drug-likeness (QED) is 0.356. The Bertz CT molecular complexity index is 631. The van der Waals surface area contributed by atoms with Gasteiger partial charge in [0, 0.05) is 31.4 Å². The molecule has 6 heteroatoms. The van der Waals surface area contributed by atoms with Crippen molar-refractivity contribution in [3.63, 3.8) is 0 Å². The predicted octanol–water partition coefficient (Wildman–Crippen LogP) is 3.10. The molecule has 0 fully saturated rings. The molecule has 1 aromatic carbocycles. The molecule has 0 saturated carbocycles. The summed E-state index contributed by atoms with van der Waals surface area (Å²) in [5.74, 6) is 0.848. The van der Waals surface area contributed by atoms with Crippen LogP contribution in [0.4, 0.5) is 0 Å². The van der Waals surface area contributed by atoms with Crippen molar-refractivity contribution in [3.8, 4) is 0 Å². The van der Waals surface area contributed by atoms with Gasteiger partial charge >= 0.3 is 0 Å². The van der Waals surface area contributed by atoms with E-state index in [0.717, 1.165) is 31.2 Å². The molecule has 0 aliphatic heterocycles. The molecule has 1 atom stereocenters. The third kappa shape index (κ3) is 7.70. The number of nitrogens with zero attached hydrogens (tertiary/aromatic N) is 3. The van der Waals surface area contributed by atoms with Crippen molar-refractivity contribution in [2.45, 2.75) is 19.4 Å². The predicted molar refractivity (Wildman–Crippen MR) is 120 cm³/mol.